The molecule has 0 unspecified atom stereocenters. The number of nitrogens with one attached hydrogen (secondary N) is 1. The highest BCUT2D eigenvalue weighted by molar-refractivity contribution is 5.90. The first-order valence-electron chi connectivity index (χ1n) is 7.07. The number of anilines is 3. The van der Waals surface area contributed by atoms with Crippen molar-refractivity contribution in [3.05, 3.63) is 18.2 Å². The van der Waals surface area contributed by atoms with E-state index in [2.05, 4.69) is 10.2 Å². The lowest BCUT2D eigenvalue weighted by Crippen LogP contribution is -2.36. The molecule has 0 aliphatic carbocycles. The lowest BCUT2D eigenvalue weighted by molar-refractivity contribution is 0.0636. The van der Waals surface area contributed by atoms with Crippen LogP contribution in [0.15, 0.2) is 18.2 Å². The van der Waals surface area contributed by atoms with Gasteiger partial charge in [-0.2, -0.15) is 0 Å². The zero-order chi connectivity index (χ0) is 15.5. The van der Waals surface area contributed by atoms with Crippen molar-refractivity contribution < 1.29 is 14.3 Å². The molecule has 1 saturated heterocycles. The predicted molar refractivity (Wildman–Crippen MR) is 83.7 cm³/mol. The predicted octanol–water partition coefficient (Wildman–Crippen LogP) is 2.45. The van der Waals surface area contributed by atoms with Crippen molar-refractivity contribution in [2.45, 2.75) is 26.4 Å². The fourth-order valence-electron chi connectivity index (χ4n) is 2.08. The van der Waals surface area contributed by atoms with Gasteiger partial charge in [-0.25, -0.2) is 4.79 Å². The van der Waals surface area contributed by atoms with Crippen LogP contribution >= 0.6 is 0 Å². The smallest absolute Gasteiger partial charge is 0.412 e. The van der Waals surface area contributed by atoms with Crippen LogP contribution in [0.3, 0.4) is 0 Å². The molecule has 0 atom stereocenters. The first-order chi connectivity index (χ1) is 9.85. The van der Waals surface area contributed by atoms with Gasteiger partial charge in [0.25, 0.3) is 0 Å². The number of carbonyl (C=O) groups is 1. The van der Waals surface area contributed by atoms with Crippen LogP contribution in [-0.2, 0) is 9.47 Å². The van der Waals surface area contributed by atoms with Crippen LogP contribution < -0.4 is 16.0 Å². The molecule has 0 saturated carbocycles. The van der Waals surface area contributed by atoms with E-state index < -0.39 is 11.7 Å². The van der Waals surface area contributed by atoms with Crippen molar-refractivity contribution in [2.24, 2.45) is 0 Å². The summed E-state index contributed by atoms with van der Waals surface area (Å²) in [5.74, 6) is 0. The van der Waals surface area contributed by atoms with Crippen LogP contribution in [0.5, 0.6) is 0 Å². The van der Waals surface area contributed by atoms with Crippen molar-refractivity contribution in [3.8, 4) is 0 Å². The van der Waals surface area contributed by atoms with Gasteiger partial charge < -0.3 is 20.1 Å². The molecule has 1 fully saturated rings. The number of rotatable bonds is 2. The Bertz CT molecular complexity index is 505. The second-order valence-electron chi connectivity index (χ2n) is 6.00. The second kappa shape index (κ2) is 6.22. The van der Waals surface area contributed by atoms with E-state index in [0.29, 0.717) is 24.6 Å². The monoisotopic (exact) mass is 293 g/mol. The molecule has 1 heterocycles. The Labute approximate surface area is 125 Å². The highest BCUT2D eigenvalue weighted by Gasteiger charge is 2.18. The molecule has 6 heteroatoms. The molecule has 0 aromatic heterocycles. The number of hydrogen-bond donors (Lipinski definition) is 2. The zero-order valence-corrected chi connectivity index (χ0v) is 12.8. The Kier molecular flexibility index (Phi) is 4.57. The third-order valence-corrected chi connectivity index (χ3v) is 3.05. The van der Waals surface area contributed by atoms with E-state index >= 15 is 0 Å². The third-order valence-electron chi connectivity index (χ3n) is 3.05. The van der Waals surface area contributed by atoms with Crippen molar-refractivity contribution in [1.29, 1.82) is 0 Å². The molecular formula is C15H23N3O3. The van der Waals surface area contributed by atoms with Gasteiger partial charge in [-0.1, -0.05) is 0 Å². The molecule has 1 aliphatic rings. The lowest BCUT2D eigenvalue weighted by Gasteiger charge is -2.29. The molecule has 1 aromatic carbocycles. The molecule has 1 amide bonds. The first kappa shape index (κ1) is 15.4. The summed E-state index contributed by atoms with van der Waals surface area (Å²) in [4.78, 5) is 14.0. The zero-order valence-electron chi connectivity index (χ0n) is 12.8. The molecular weight excluding hydrogens is 270 g/mol. The molecule has 21 heavy (non-hydrogen) atoms. The fraction of sp³-hybridized carbons (Fsp3) is 0.533. The highest BCUT2D eigenvalue weighted by atomic mass is 16.6. The molecule has 6 nitrogen and oxygen atoms in total. The summed E-state index contributed by atoms with van der Waals surface area (Å²) in [6, 6.07) is 5.60. The summed E-state index contributed by atoms with van der Waals surface area (Å²) in [6.45, 7) is 8.53. The maximum atomic E-state index is 11.8. The van der Waals surface area contributed by atoms with Crippen LogP contribution in [0, 0.1) is 0 Å². The Balaban J connectivity index is 2.10. The number of nitrogen functional groups attached to an aromatic ring is 1. The van der Waals surface area contributed by atoms with Gasteiger partial charge >= 0.3 is 6.09 Å². The van der Waals surface area contributed by atoms with Crippen molar-refractivity contribution in [2.75, 3.05) is 42.3 Å². The molecule has 3 N–H and O–H groups in total. The van der Waals surface area contributed by atoms with E-state index in [0.717, 1.165) is 18.8 Å². The molecule has 0 bridgehead atoms. The van der Waals surface area contributed by atoms with Crippen LogP contribution in [-0.4, -0.2) is 38.0 Å². The van der Waals surface area contributed by atoms with Crippen LogP contribution in [0.2, 0.25) is 0 Å². The maximum Gasteiger partial charge on any atom is 0.412 e. The minimum Gasteiger partial charge on any atom is -0.444 e. The van der Waals surface area contributed by atoms with Gasteiger partial charge in [0.05, 0.1) is 24.6 Å². The maximum absolute atomic E-state index is 11.8. The van der Waals surface area contributed by atoms with E-state index in [4.69, 9.17) is 15.2 Å². The summed E-state index contributed by atoms with van der Waals surface area (Å²) in [5, 5.41) is 2.70. The van der Waals surface area contributed by atoms with Crippen molar-refractivity contribution in [1.82, 2.24) is 0 Å². The third kappa shape index (κ3) is 4.53. The van der Waals surface area contributed by atoms with Crippen molar-refractivity contribution >= 4 is 23.2 Å². The second-order valence-corrected chi connectivity index (χ2v) is 6.00. The number of hydrogen-bond acceptors (Lipinski definition) is 5. The molecule has 1 aromatic rings. The molecule has 0 radical (unpaired) electrons. The van der Waals surface area contributed by atoms with Gasteiger partial charge in [0.15, 0.2) is 0 Å². The summed E-state index contributed by atoms with van der Waals surface area (Å²) in [6.07, 6.45) is -0.506. The standard InChI is InChI=1S/C15H23N3O3/c1-15(2,3)21-14(19)17-13-10-11(4-5-12(13)16)18-6-8-20-9-7-18/h4-5,10H,6-9,16H2,1-3H3,(H,17,19). The molecule has 0 spiro atoms. The van der Waals surface area contributed by atoms with Gasteiger partial charge in [0.2, 0.25) is 0 Å². The van der Waals surface area contributed by atoms with E-state index in [1.807, 2.05) is 32.9 Å². The fourth-order valence-corrected chi connectivity index (χ4v) is 2.08. The lowest BCUT2D eigenvalue weighted by atomic mass is 10.2. The Hall–Kier alpha value is -1.95. The molecule has 116 valence electrons. The Morgan fingerprint density at radius 2 is 2.00 bits per heavy atom. The average molecular weight is 293 g/mol. The topological polar surface area (TPSA) is 76.8 Å². The number of carbonyl (C=O) groups excluding carboxylic acids is 1. The minimum atomic E-state index is -0.541. The quantitative estimate of drug-likeness (QED) is 0.819. The number of morpholine rings is 1. The SMILES string of the molecule is CC(C)(C)OC(=O)Nc1cc(N2CCOCC2)ccc1N. The number of amides is 1. The largest absolute Gasteiger partial charge is 0.444 e. The molecule has 2 rings (SSSR count). The number of benzene rings is 1. The Morgan fingerprint density at radius 1 is 1.33 bits per heavy atom. The van der Waals surface area contributed by atoms with Gasteiger partial charge in [-0.15, -0.1) is 0 Å². The van der Waals surface area contributed by atoms with Crippen molar-refractivity contribution in [3.63, 3.8) is 0 Å². The van der Waals surface area contributed by atoms with Gasteiger partial charge in [0, 0.05) is 18.8 Å². The normalized spacial score (nSPS) is 15.7. The van der Waals surface area contributed by atoms with Gasteiger partial charge in [-0.3, -0.25) is 5.32 Å². The Morgan fingerprint density at radius 3 is 2.62 bits per heavy atom. The first-order valence-corrected chi connectivity index (χ1v) is 7.07. The van der Waals surface area contributed by atoms with E-state index in [1.165, 1.54) is 0 Å². The summed E-state index contributed by atoms with van der Waals surface area (Å²) >= 11 is 0. The number of ether oxygens (including phenoxy) is 2. The average Bonchev–Trinajstić information content (AvgIpc) is 2.40. The minimum absolute atomic E-state index is 0.506. The summed E-state index contributed by atoms with van der Waals surface area (Å²) in [7, 11) is 0. The summed E-state index contributed by atoms with van der Waals surface area (Å²) < 4.78 is 10.6. The number of nitrogens with two attached hydrogens (primary N) is 1. The van der Waals surface area contributed by atoms with Gasteiger partial charge in [0.1, 0.15) is 5.60 Å². The van der Waals surface area contributed by atoms with E-state index in [1.54, 1.807) is 6.07 Å². The van der Waals surface area contributed by atoms with Crippen LogP contribution in [0.4, 0.5) is 21.9 Å². The molecule has 1 aliphatic heterocycles. The van der Waals surface area contributed by atoms with E-state index in [9.17, 15) is 4.79 Å². The van der Waals surface area contributed by atoms with Gasteiger partial charge in [-0.05, 0) is 39.0 Å². The summed E-state index contributed by atoms with van der Waals surface area (Å²) in [5.41, 5.74) is 7.46. The van der Waals surface area contributed by atoms with E-state index in [-0.39, 0.29) is 0 Å². The van der Waals surface area contributed by atoms with Crippen LogP contribution in [0.1, 0.15) is 20.8 Å². The highest BCUT2D eigenvalue weighted by Crippen LogP contribution is 2.26. The number of nitrogens with zero attached hydrogens (tertiary/aromatic N) is 1. The van der Waals surface area contributed by atoms with Crippen LogP contribution in [0.25, 0.3) is 0 Å².